The van der Waals surface area contributed by atoms with Gasteiger partial charge >= 0.3 is 5.97 Å². The Kier molecular flexibility index (Phi) is 5.87. The SMILES string of the molecule is Cc1ccc(Cn2nc(C)c(CCC(=O)N(C3CC3)C(C)C(=O)O)c2C)cc1. The van der Waals surface area contributed by atoms with Crippen LogP contribution < -0.4 is 0 Å². The highest BCUT2D eigenvalue weighted by atomic mass is 16.4. The van der Waals surface area contributed by atoms with Gasteiger partial charge in [0.15, 0.2) is 0 Å². The molecule has 2 aromatic rings. The molecular formula is C22H29N3O3. The van der Waals surface area contributed by atoms with Crippen molar-refractivity contribution in [3.05, 3.63) is 52.3 Å². The molecule has 1 saturated carbocycles. The first kappa shape index (κ1) is 20.1. The number of benzene rings is 1. The molecule has 1 aliphatic rings. The van der Waals surface area contributed by atoms with Gasteiger partial charge in [0.05, 0.1) is 12.2 Å². The minimum Gasteiger partial charge on any atom is -0.480 e. The maximum Gasteiger partial charge on any atom is 0.326 e. The molecule has 1 unspecified atom stereocenters. The molecule has 6 heteroatoms. The van der Waals surface area contributed by atoms with E-state index < -0.39 is 12.0 Å². The van der Waals surface area contributed by atoms with E-state index in [1.165, 1.54) is 11.1 Å². The number of aromatic nitrogens is 2. The number of carbonyl (C=O) groups excluding carboxylic acids is 1. The number of nitrogens with zero attached hydrogens (tertiary/aromatic N) is 3. The molecule has 3 rings (SSSR count). The molecule has 1 amide bonds. The van der Waals surface area contributed by atoms with Crippen molar-refractivity contribution in [1.82, 2.24) is 14.7 Å². The van der Waals surface area contributed by atoms with Crippen LogP contribution in [-0.4, -0.2) is 43.7 Å². The zero-order valence-corrected chi connectivity index (χ0v) is 17.1. The molecule has 1 aliphatic carbocycles. The highest BCUT2D eigenvalue weighted by Gasteiger charge is 2.38. The van der Waals surface area contributed by atoms with Crippen molar-refractivity contribution in [2.45, 2.75) is 72.0 Å². The Morgan fingerprint density at radius 1 is 1.21 bits per heavy atom. The van der Waals surface area contributed by atoms with Crippen LogP contribution in [0.1, 0.15) is 54.3 Å². The third-order valence-electron chi connectivity index (χ3n) is 5.58. The lowest BCUT2D eigenvalue weighted by Crippen LogP contribution is -2.44. The molecule has 1 aromatic carbocycles. The molecule has 6 nitrogen and oxygen atoms in total. The molecule has 0 saturated heterocycles. The van der Waals surface area contributed by atoms with E-state index in [1.54, 1.807) is 11.8 Å². The van der Waals surface area contributed by atoms with Crippen molar-refractivity contribution in [3.63, 3.8) is 0 Å². The van der Waals surface area contributed by atoms with E-state index in [1.807, 2.05) is 18.5 Å². The number of carboxylic acid groups (broad SMARTS) is 1. The summed E-state index contributed by atoms with van der Waals surface area (Å²) in [6.45, 7) is 8.36. The molecule has 0 aliphatic heterocycles. The molecule has 1 heterocycles. The van der Waals surface area contributed by atoms with Crippen LogP contribution in [0, 0.1) is 20.8 Å². The standard InChI is InChI=1S/C22H29N3O3/c1-14-5-7-18(8-6-14)13-24-16(3)20(15(2)23-24)11-12-21(26)25(19-9-10-19)17(4)22(27)28/h5-8,17,19H,9-13H2,1-4H3,(H,27,28). The Morgan fingerprint density at radius 2 is 1.86 bits per heavy atom. The molecule has 0 radical (unpaired) electrons. The molecule has 1 atom stereocenters. The molecule has 1 fully saturated rings. The second kappa shape index (κ2) is 8.17. The van der Waals surface area contributed by atoms with Gasteiger partial charge < -0.3 is 10.0 Å². The summed E-state index contributed by atoms with van der Waals surface area (Å²) in [6, 6.07) is 7.72. The van der Waals surface area contributed by atoms with Gasteiger partial charge in [-0.15, -0.1) is 0 Å². The average Bonchev–Trinajstić information content (AvgIpc) is 3.43. The predicted molar refractivity (Wildman–Crippen MR) is 107 cm³/mol. The van der Waals surface area contributed by atoms with Crippen LogP contribution in [0.5, 0.6) is 0 Å². The van der Waals surface area contributed by atoms with Crippen molar-refractivity contribution in [2.24, 2.45) is 0 Å². The zero-order valence-electron chi connectivity index (χ0n) is 17.1. The second-order valence-electron chi connectivity index (χ2n) is 7.84. The fourth-order valence-electron chi connectivity index (χ4n) is 3.68. The molecule has 1 aromatic heterocycles. The zero-order chi connectivity index (χ0) is 20.4. The van der Waals surface area contributed by atoms with Gasteiger partial charge in [0.25, 0.3) is 0 Å². The number of hydrogen-bond donors (Lipinski definition) is 1. The van der Waals surface area contributed by atoms with Crippen molar-refractivity contribution in [3.8, 4) is 0 Å². The maximum atomic E-state index is 12.7. The van der Waals surface area contributed by atoms with E-state index in [2.05, 4.69) is 36.3 Å². The maximum absolute atomic E-state index is 12.7. The van der Waals surface area contributed by atoms with Crippen LogP contribution in [0.15, 0.2) is 24.3 Å². The number of carboxylic acids is 1. The summed E-state index contributed by atoms with van der Waals surface area (Å²) in [5.74, 6) is -1.03. The average molecular weight is 383 g/mol. The monoisotopic (exact) mass is 383 g/mol. The van der Waals surface area contributed by atoms with Crippen LogP contribution in [-0.2, 0) is 22.6 Å². The Morgan fingerprint density at radius 3 is 2.43 bits per heavy atom. The van der Waals surface area contributed by atoms with Gasteiger partial charge in [-0.3, -0.25) is 9.48 Å². The molecule has 0 bridgehead atoms. The fourth-order valence-corrected chi connectivity index (χ4v) is 3.68. The van der Waals surface area contributed by atoms with Crippen molar-refractivity contribution in [2.75, 3.05) is 0 Å². The summed E-state index contributed by atoms with van der Waals surface area (Å²) in [5.41, 5.74) is 5.50. The largest absolute Gasteiger partial charge is 0.480 e. The van der Waals surface area contributed by atoms with Gasteiger partial charge in [-0.25, -0.2) is 4.79 Å². The number of rotatable bonds is 8. The topological polar surface area (TPSA) is 75.4 Å². The highest BCUT2D eigenvalue weighted by Crippen LogP contribution is 2.30. The lowest BCUT2D eigenvalue weighted by Gasteiger charge is -2.26. The van der Waals surface area contributed by atoms with E-state index >= 15 is 0 Å². The van der Waals surface area contributed by atoms with E-state index in [0.717, 1.165) is 29.8 Å². The second-order valence-corrected chi connectivity index (χ2v) is 7.84. The van der Waals surface area contributed by atoms with Gasteiger partial charge in [-0.1, -0.05) is 29.8 Å². The first-order chi connectivity index (χ1) is 13.3. The summed E-state index contributed by atoms with van der Waals surface area (Å²) in [4.78, 5) is 25.6. The minimum absolute atomic E-state index is 0.0810. The van der Waals surface area contributed by atoms with Crippen LogP contribution in [0.3, 0.4) is 0 Å². The van der Waals surface area contributed by atoms with Crippen molar-refractivity contribution in [1.29, 1.82) is 0 Å². The normalized spacial score (nSPS) is 14.7. The molecule has 28 heavy (non-hydrogen) atoms. The number of aliphatic carboxylic acids is 1. The predicted octanol–water partition coefficient (Wildman–Crippen LogP) is 3.25. The van der Waals surface area contributed by atoms with Crippen LogP contribution in [0.4, 0.5) is 0 Å². The highest BCUT2D eigenvalue weighted by molar-refractivity contribution is 5.84. The Bertz CT molecular complexity index is 866. The van der Waals surface area contributed by atoms with Crippen molar-refractivity contribution < 1.29 is 14.7 Å². The van der Waals surface area contributed by atoms with E-state index in [9.17, 15) is 14.7 Å². The summed E-state index contributed by atoms with van der Waals surface area (Å²) in [5, 5.41) is 14.0. The lowest BCUT2D eigenvalue weighted by atomic mass is 10.1. The number of carbonyl (C=O) groups is 2. The Balaban J connectivity index is 1.68. The summed E-state index contributed by atoms with van der Waals surface area (Å²) >= 11 is 0. The Hall–Kier alpha value is -2.63. The summed E-state index contributed by atoms with van der Waals surface area (Å²) in [6.07, 6.45) is 2.69. The molecular weight excluding hydrogens is 354 g/mol. The number of amides is 1. The Labute approximate surface area is 166 Å². The van der Waals surface area contributed by atoms with E-state index in [0.29, 0.717) is 19.4 Å². The third-order valence-corrected chi connectivity index (χ3v) is 5.58. The summed E-state index contributed by atoms with van der Waals surface area (Å²) in [7, 11) is 0. The summed E-state index contributed by atoms with van der Waals surface area (Å²) < 4.78 is 1.98. The van der Waals surface area contributed by atoms with Crippen molar-refractivity contribution >= 4 is 11.9 Å². The van der Waals surface area contributed by atoms with Crippen LogP contribution >= 0.6 is 0 Å². The quantitative estimate of drug-likeness (QED) is 0.759. The van der Waals surface area contributed by atoms with E-state index in [-0.39, 0.29) is 11.9 Å². The number of hydrogen-bond acceptors (Lipinski definition) is 3. The lowest BCUT2D eigenvalue weighted by molar-refractivity contribution is -0.150. The van der Waals surface area contributed by atoms with Gasteiger partial charge in [0, 0.05) is 18.2 Å². The first-order valence-electron chi connectivity index (χ1n) is 9.90. The minimum atomic E-state index is -0.946. The number of aryl methyl sites for hydroxylation is 2. The molecule has 0 spiro atoms. The first-order valence-corrected chi connectivity index (χ1v) is 9.90. The van der Waals surface area contributed by atoms with Gasteiger partial charge in [0.1, 0.15) is 6.04 Å². The fraction of sp³-hybridized carbons (Fsp3) is 0.500. The van der Waals surface area contributed by atoms with Gasteiger partial charge in [-0.2, -0.15) is 5.10 Å². The van der Waals surface area contributed by atoms with Gasteiger partial charge in [-0.05, 0) is 58.1 Å². The van der Waals surface area contributed by atoms with Gasteiger partial charge in [0.2, 0.25) is 5.91 Å². The molecule has 1 N–H and O–H groups in total. The smallest absolute Gasteiger partial charge is 0.326 e. The van der Waals surface area contributed by atoms with Crippen LogP contribution in [0.2, 0.25) is 0 Å². The van der Waals surface area contributed by atoms with E-state index in [4.69, 9.17) is 0 Å². The van der Waals surface area contributed by atoms with Crippen LogP contribution in [0.25, 0.3) is 0 Å². The third kappa shape index (κ3) is 4.43. The molecule has 150 valence electrons.